The van der Waals surface area contributed by atoms with Crippen LogP contribution in [0.5, 0.6) is 0 Å². The second kappa shape index (κ2) is 4.68. The van der Waals surface area contributed by atoms with Crippen molar-refractivity contribution in [3.8, 4) is 0 Å². The lowest BCUT2D eigenvalue weighted by molar-refractivity contribution is -0.138. The van der Waals surface area contributed by atoms with Gasteiger partial charge in [0.15, 0.2) is 0 Å². The van der Waals surface area contributed by atoms with E-state index in [4.69, 9.17) is 5.11 Å². The molecule has 0 aliphatic heterocycles. The minimum Gasteiger partial charge on any atom is -0.481 e. The van der Waals surface area contributed by atoms with Crippen molar-refractivity contribution in [3.63, 3.8) is 0 Å². The van der Waals surface area contributed by atoms with Crippen LogP contribution >= 0.6 is 0 Å². The molecule has 1 aliphatic carbocycles. The number of nitrogens with zero attached hydrogens (tertiary/aromatic N) is 2. The van der Waals surface area contributed by atoms with Crippen LogP contribution in [-0.4, -0.2) is 20.9 Å². The van der Waals surface area contributed by atoms with Crippen LogP contribution in [0.25, 0.3) is 0 Å². The van der Waals surface area contributed by atoms with E-state index in [0.717, 1.165) is 18.5 Å². The van der Waals surface area contributed by atoms with E-state index in [-0.39, 0.29) is 0 Å². The van der Waals surface area contributed by atoms with Gasteiger partial charge in [-0.2, -0.15) is 5.10 Å². The summed E-state index contributed by atoms with van der Waals surface area (Å²) in [6, 6.07) is 2.23. The van der Waals surface area contributed by atoms with E-state index in [1.807, 2.05) is 10.7 Å². The van der Waals surface area contributed by atoms with Gasteiger partial charge in [0.25, 0.3) is 0 Å². The first kappa shape index (κ1) is 11.2. The molecule has 0 aromatic carbocycles. The third kappa shape index (κ3) is 2.10. The third-order valence-electron chi connectivity index (χ3n) is 3.44. The Labute approximate surface area is 95.3 Å². The van der Waals surface area contributed by atoms with Crippen molar-refractivity contribution in [3.05, 3.63) is 18.0 Å². The van der Waals surface area contributed by atoms with Crippen LogP contribution in [0.1, 0.15) is 56.7 Å². The van der Waals surface area contributed by atoms with E-state index in [1.54, 1.807) is 13.1 Å². The first-order chi connectivity index (χ1) is 7.70. The number of carbonyl (C=O) groups is 1. The maximum atomic E-state index is 11.0. The fourth-order valence-electron chi connectivity index (χ4n) is 2.42. The molecule has 1 atom stereocenters. The number of aromatic nitrogens is 2. The van der Waals surface area contributed by atoms with Gasteiger partial charge in [-0.1, -0.05) is 19.3 Å². The first-order valence-electron chi connectivity index (χ1n) is 5.96. The molecule has 0 bridgehead atoms. The highest BCUT2D eigenvalue weighted by Gasteiger charge is 2.23. The van der Waals surface area contributed by atoms with Crippen LogP contribution in [0.2, 0.25) is 0 Å². The van der Waals surface area contributed by atoms with Gasteiger partial charge < -0.3 is 5.11 Å². The molecular formula is C12H18N2O2. The minimum atomic E-state index is -0.780. The number of hydrogen-bond donors (Lipinski definition) is 1. The Morgan fingerprint density at radius 1 is 1.50 bits per heavy atom. The van der Waals surface area contributed by atoms with Crippen molar-refractivity contribution in [2.24, 2.45) is 0 Å². The van der Waals surface area contributed by atoms with Gasteiger partial charge >= 0.3 is 5.97 Å². The molecule has 1 unspecified atom stereocenters. The normalized spacial score (nSPS) is 19.6. The molecule has 0 spiro atoms. The number of hydrogen-bond acceptors (Lipinski definition) is 2. The summed E-state index contributed by atoms with van der Waals surface area (Å²) in [5.41, 5.74) is 0.833. The Kier molecular flexibility index (Phi) is 3.27. The van der Waals surface area contributed by atoms with Crippen molar-refractivity contribution in [2.75, 3.05) is 0 Å². The molecule has 0 radical (unpaired) electrons. The van der Waals surface area contributed by atoms with Crippen LogP contribution in [0.3, 0.4) is 0 Å². The smallest absolute Gasteiger partial charge is 0.312 e. The summed E-state index contributed by atoms with van der Waals surface area (Å²) in [4.78, 5) is 11.0. The predicted molar refractivity (Wildman–Crippen MR) is 60.4 cm³/mol. The third-order valence-corrected chi connectivity index (χ3v) is 3.44. The Morgan fingerprint density at radius 2 is 2.19 bits per heavy atom. The molecule has 1 N–H and O–H groups in total. The molecule has 4 nitrogen and oxygen atoms in total. The molecule has 4 heteroatoms. The summed E-state index contributed by atoms with van der Waals surface area (Å²) < 4.78 is 1.93. The molecule has 1 aromatic rings. The van der Waals surface area contributed by atoms with Crippen molar-refractivity contribution in [1.29, 1.82) is 0 Å². The number of rotatable bonds is 3. The number of carboxylic acids is 1. The lowest BCUT2D eigenvalue weighted by atomic mass is 9.95. The highest BCUT2D eigenvalue weighted by atomic mass is 16.4. The zero-order valence-electron chi connectivity index (χ0n) is 9.59. The minimum absolute atomic E-state index is 0.403. The van der Waals surface area contributed by atoms with Gasteiger partial charge in [-0.25, -0.2) is 0 Å². The average Bonchev–Trinajstić information content (AvgIpc) is 2.77. The van der Waals surface area contributed by atoms with Crippen molar-refractivity contribution >= 4 is 5.97 Å². The van der Waals surface area contributed by atoms with E-state index in [0.29, 0.717) is 6.04 Å². The van der Waals surface area contributed by atoms with Gasteiger partial charge in [-0.05, 0) is 25.8 Å². The van der Waals surface area contributed by atoms with E-state index in [2.05, 4.69) is 5.10 Å². The zero-order valence-corrected chi connectivity index (χ0v) is 9.59. The molecule has 1 aromatic heterocycles. The summed E-state index contributed by atoms with van der Waals surface area (Å²) in [6.45, 7) is 1.72. The second-order valence-corrected chi connectivity index (χ2v) is 4.55. The monoisotopic (exact) mass is 222 g/mol. The molecule has 16 heavy (non-hydrogen) atoms. The molecule has 0 saturated heterocycles. The van der Waals surface area contributed by atoms with Crippen molar-refractivity contribution in [1.82, 2.24) is 9.78 Å². The van der Waals surface area contributed by atoms with Crippen LogP contribution < -0.4 is 0 Å². The standard InChI is InChI=1S/C12H18N2O2/c1-9(12(15)16)11-7-8-13-14(11)10-5-3-2-4-6-10/h7-10H,2-6H2,1H3,(H,15,16). The summed E-state index contributed by atoms with van der Waals surface area (Å²) in [5.74, 6) is -1.25. The molecule has 2 rings (SSSR count). The summed E-state index contributed by atoms with van der Waals surface area (Å²) in [6.07, 6.45) is 7.71. The number of carboxylic acid groups (broad SMARTS) is 1. The summed E-state index contributed by atoms with van der Waals surface area (Å²) >= 11 is 0. The SMILES string of the molecule is CC(C(=O)O)c1ccnn1C1CCCCC1. The van der Waals surface area contributed by atoms with Gasteiger partial charge in [0.05, 0.1) is 17.7 Å². The molecule has 1 heterocycles. The maximum Gasteiger partial charge on any atom is 0.312 e. The second-order valence-electron chi connectivity index (χ2n) is 4.55. The average molecular weight is 222 g/mol. The van der Waals surface area contributed by atoms with Gasteiger partial charge in [0.1, 0.15) is 0 Å². The topological polar surface area (TPSA) is 55.1 Å². The van der Waals surface area contributed by atoms with E-state index in [1.165, 1.54) is 19.3 Å². The predicted octanol–water partition coefficient (Wildman–Crippen LogP) is 2.58. The van der Waals surface area contributed by atoms with Crippen LogP contribution in [0.4, 0.5) is 0 Å². The highest BCUT2D eigenvalue weighted by Crippen LogP contribution is 2.30. The fraction of sp³-hybridized carbons (Fsp3) is 0.667. The quantitative estimate of drug-likeness (QED) is 0.855. The Hall–Kier alpha value is -1.32. The number of aliphatic carboxylic acids is 1. The Morgan fingerprint density at radius 3 is 2.81 bits per heavy atom. The van der Waals surface area contributed by atoms with Crippen LogP contribution in [0.15, 0.2) is 12.3 Å². The summed E-state index contributed by atoms with van der Waals surface area (Å²) in [7, 11) is 0. The molecule has 1 saturated carbocycles. The molecule has 88 valence electrons. The maximum absolute atomic E-state index is 11.0. The van der Waals surface area contributed by atoms with E-state index >= 15 is 0 Å². The van der Waals surface area contributed by atoms with Gasteiger partial charge in [0.2, 0.25) is 0 Å². The van der Waals surface area contributed by atoms with Crippen LogP contribution in [-0.2, 0) is 4.79 Å². The van der Waals surface area contributed by atoms with Crippen molar-refractivity contribution in [2.45, 2.75) is 51.0 Å². The van der Waals surface area contributed by atoms with E-state index < -0.39 is 11.9 Å². The molecule has 0 amide bonds. The lowest BCUT2D eigenvalue weighted by Gasteiger charge is -2.24. The van der Waals surface area contributed by atoms with E-state index in [9.17, 15) is 4.79 Å². The van der Waals surface area contributed by atoms with Gasteiger partial charge in [0, 0.05) is 6.20 Å². The largest absolute Gasteiger partial charge is 0.481 e. The Bertz CT molecular complexity index is 367. The molecule has 1 aliphatic rings. The fourth-order valence-corrected chi connectivity index (χ4v) is 2.42. The first-order valence-corrected chi connectivity index (χ1v) is 5.96. The highest BCUT2D eigenvalue weighted by molar-refractivity contribution is 5.74. The van der Waals surface area contributed by atoms with Crippen molar-refractivity contribution < 1.29 is 9.90 Å². The summed E-state index contributed by atoms with van der Waals surface area (Å²) in [5, 5.41) is 13.3. The lowest BCUT2D eigenvalue weighted by Crippen LogP contribution is -2.20. The van der Waals surface area contributed by atoms with Gasteiger partial charge in [-0.3, -0.25) is 9.48 Å². The zero-order chi connectivity index (χ0) is 11.5. The van der Waals surface area contributed by atoms with Gasteiger partial charge in [-0.15, -0.1) is 0 Å². The molecule has 1 fully saturated rings. The molecular weight excluding hydrogens is 204 g/mol. The van der Waals surface area contributed by atoms with Crippen LogP contribution in [0, 0.1) is 0 Å². The Balaban J connectivity index is 2.20.